The molecule has 0 aliphatic rings. The number of aromatic nitrogens is 1. The van der Waals surface area contributed by atoms with Crippen molar-refractivity contribution in [1.29, 1.82) is 0 Å². The molecule has 0 fully saturated rings. The second-order valence-electron chi connectivity index (χ2n) is 5.51. The van der Waals surface area contributed by atoms with Crippen LogP contribution in [-0.4, -0.2) is 21.6 Å². The summed E-state index contributed by atoms with van der Waals surface area (Å²) in [5.41, 5.74) is 1.70. The summed E-state index contributed by atoms with van der Waals surface area (Å²) in [4.78, 5) is 23.1. The Balaban J connectivity index is 1.88. The number of aliphatic carboxylic acids is 1. The molecule has 0 saturated heterocycles. The molecule has 5 nitrogen and oxygen atoms in total. The minimum atomic E-state index is -1.04. The number of hydrogen-bond acceptors (Lipinski definition) is 2. The summed E-state index contributed by atoms with van der Waals surface area (Å²) in [6.45, 7) is 0. The maximum Gasteiger partial charge on any atom is 0.307 e. The number of hydrogen-bond donors (Lipinski definition) is 2. The van der Waals surface area contributed by atoms with E-state index in [2.05, 4.69) is 5.32 Å². The fourth-order valence-corrected chi connectivity index (χ4v) is 2.66. The van der Waals surface area contributed by atoms with Gasteiger partial charge in [-0.05, 0) is 23.8 Å². The Labute approximate surface area is 137 Å². The Morgan fingerprint density at radius 1 is 1.21 bits per heavy atom. The van der Waals surface area contributed by atoms with E-state index in [0.717, 1.165) is 17.0 Å². The van der Waals surface area contributed by atoms with Gasteiger partial charge in [0.25, 0.3) is 5.91 Å². The minimum absolute atomic E-state index is 0.0158. The zero-order valence-electron chi connectivity index (χ0n) is 12.9. The Morgan fingerprint density at radius 2 is 1.96 bits per heavy atom. The number of carboxylic acid groups (broad SMARTS) is 1. The number of nitrogens with zero attached hydrogens (tertiary/aromatic N) is 1. The molecule has 1 amide bonds. The number of halogens is 1. The van der Waals surface area contributed by atoms with E-state index in [1.165, 1.54) is 12.1 Å². The van der Waals surface area contributed by atoms with E-state index in [4.69, 9.17) is 5.11 Å². The van der Waals surface area contributed by atoms with Gasteiger partial charge in [-0.2, -0.15) is 0 Å². The maximum absolute atomic E-state index is 14.1. The topological polar surface area (TPSA) is 71.3 Å². The van der Waals surface area contributed by atoms with E-state index in [9.17, 15) is 14.0 Å². The van der Waals surface area contributed by atoms with Crippen molar-refractivity contribution in [2.75, 3.05) is 5.32 Å². The van der Waals surface area contributed by atoms with Crippen LogP contribution in [0.3, 0.4) is 0 Å². The van der Waals surface area contributed by atoms with Gasteiger partial charge in [-0.1, -0.05) is 24.3 Å². The Morgan fingerprint density at radius 3 is 2.67 bits per heavy atom. The van der Waals surface area contributed by atoms with Crippen LogP contribution >= 0.6 is 0 Å². The third kappa shape index (κ3) is 2.99. The molecular weight excluding hydrogens is 311 g/mol. The average molecular weight is 326 g/mol. The Kier molecular flexibility index (Phi) is 4.04. The molecule has 0 unspecified atom stereocenters. The molecule has 0 spiro atoms. The molecule has 1 aromatic heterocycles. The van der Waals surface area contributed by atoms with Crippen LogP contribution in [0.1, 0.15) is 15.9 Å². The molecule has 24 heavy (non-hydrogen) atoms. The van der Waals surface area contributed by atoms with Gasteiger partial charge in [0.1, 0.15) is 5.82 Å². The highest BCUT2D eigenvalue weighted by atomic mass is 19.1. The molecular formula is C18H15FN2O3. The monoisotopic (exact) mass is 326 g/mol. The number of fused-ring (bicyclic) bond motifs is 1. The largest absolute Gasteiger partial charge is 0.481 e. The van der Waals surface area contributed by atoms with Gasteiger partial charge in [0.15, 0.2) is 0 Å². The highest BCUT2D eigenvalue weighted by Gasteiger charge is 2.15. The van der Waals surface area contributed by atoms with E-state index in [1.54, 1.807) is 6.20 Å². The highest BCUT2D eigenvalue weighted by molar-refractivity contribution is 6.13. The molecule has 0 radical (unpaired) electrons. The van der Waals surface area contributed by atoms with Crippen LogP contribution in [0.15, 0.2) is 48.7 Å². The molecule has 0 atom stereocenters. The Bertz CT molecular complexity index is 947. The molecule has 6 heteroatoms. The molecule has 3 aromatic rings. The first-order valence-electron chi connectivity index (χ1n) is 7.31. The van der Waals surface area contributed by atoms with Gasteiger partial charge in [-0.25, -0.2) is 4.39 Å². The molecule has 2 N–H and O–H groups in total. The lowest BCUT2D eigenvalue weighted by molar-refractivity contribution is -0.136. The van der Waals surface area contributed by atoms with E-state index in [0.29, 0.717) is 11.1 Å². The van der Waals surface area contributed by atoms with Gasteiger partial charge in [-0.3, -0.25) is 9.59 Å². The number of rotatable bonds is 4. The lowest BCUT2D eigenvalue weighted by atomic mass is 10.1. The second-order valence-corrected chi connectivity index (χ2v) is 5.51. The minimum Gasteiger partial charge on any atom is -0.481 e. The number of amides is 1. The zero-order valence-corrected chi connectivity index (χ0v) is 12.9. The summed E-state index contributed by atoms with van der Waals surface area (Å²) >= 11 is 0. The fourth-order valence-electron chi connectivity index (χ4n) is 2.66. The van der Waals surface area contributed by atoms with Crippen LogP contribution in [-0.2, 0) is 18.3 Å². The number of aryl methyl sites for hydroxylation is 1. The van der Waals surface area contributed by atoms with Gasteiger partial charge >= 0.3 is 5.97 Å². The lowest BCUT2D eigenvalue weighted by Crippen LogP contribution is -2.13. The number of para-hydroxylation sites is 1. The number of anilines is 1. The third-order valence-electron chi connectivity index (χ3n) is 3.78. The zero-order chi connectivity index (χ0) is 17.3. The summed E-state index contributed by atoms with van der Waals surface area (Å²) < 4.78 is 15.9. The summed E-state index contributed by atoms with van der Waals surface area (Å²) in [6, 6.07) is 11.4. The van der Waals surface area contributed by atoms with Crippen molar-refractivity contribution < 1.29 is 19.1 Å². The molecule has 3 rings (SSSR count). The van der Waals surface area contributed by atoms with Crippen molar-refractivity contribution in [3.8, 4) is 0 Å². The van der Waals surface area contributed by atoms with Gasteiger partial charge in [-0.15, -0.1) is 0 Å². The van der Waals surface area contributed by atoms with Crippen LogP contribution in [0.5, 0.6) is 0 Å². The summed E-state index contributed by atoms with van der Waals surface area (Å²) in [6.07, 6.45) is 1.42. The van der Waals surface area contributed by atoms with E-state index < -0.39 is 17.7 Å². The van der Waals surface area contributed by atoms with Crippen molar-refractivity contribution >= 4 is 28.5 Å². The van der Waals surface area contributed by atoms with Gasteiger partial charge in [0.2, 0.25) is 0 Å². The highest BCUT2D eigenvalue weighted by Crippen LogP contribution is 2.23. The molecule has 0 bridgehead atoms. The maximum atomic E-state index is 14.1. The lowest BCUT2D eigenvalue weighted by Gasteiger charge is -2.07. The first kappa shape index (κ1) is 15.7. The molecule has 1 heterocycles. The standard InChI is InChI=1S/C18H15FN2O3/c1-21-10-13(12-4-2-3-5-16(12)21)18(24)20-15-7-6-11(8-14(15)19)9-17(22)23/h2-8,10H,9H2,1H3,(H,20,24)(H,22,23). The third-order valence-corrected chi connectivity index (χ3v) is 3.78. The van der Waals surface area contributed by atoms with Crippen LogP contribution in [0.2, 0.25) is 0 Å². The van der Waals surface area contributed by atoms with Crippen molar-refractivity contribution in [2.45, 2.75) is 6.42 Å². The van der Waals surface area contributed by atoms with Crippen LogP contribution < -0.4 is 5.32 Å². The first-order valence-corrected chi connectivity index (χ1v) is 7.31. The van der Waals surface area contributed by atoms with Crippen molar-refractivity contribution in [3.63, 3.8) is 0 Å². The van der Waals surface area contributed by atoms with E-state index >= 15 is 0 Å². The molecule has 2 aromatic carbocycles. The van der Waals surface area contributed by atoms with Crippen LogP contribution in [0.25, 0.3) is 10.9 Å². The number of carbonyl (C=O) groups excluding carboxylic acids is 1. The van der Waals surface area contributed by atoms with E-state index in [-0.39, 0.29) is 12.1 Å². The number of carboxylic acids is 1. The summed E-state index contributed by atoms with van der Waals surface area (Å²) in [5.74, 6) is -2.12. The SMILES string of the molecule is Cn1cc(C(=O)Nc2ccc(CC(=O)O)cc2F)c2ccccc21. The van der Waals surface area contributed by atoms with E-state index in [1.807, 2.05) is 35.9 Å². The number of carbonyl (C=O) groups is 2. The summed E-state index contributed by atoms with van der Waals surface area (Å²) in [5, 5.41) is 12.0. The molecule has 0 aliphatic carbocycles. The molecule has 0 aliphatic heterocycles. The van der Waals surface area contributed by atoms with Gasteiger partial charge in [0, 0.05) is 24.1 Å². The normalized spacial score (nSPS) is 10.8. The average Bonchev–Trinajstić information content (AvgIpc) is 2.87. The van der Waals surface area contributed by atoms with Crippen molar-refractivity contribution in [3.05, 3.63) is 65.6 Å². The number of benzene rings is 2. The van der Waals surface area contributed by atoms with Gasteiger partial charge < -0.3 is 15.0 Å². The van der Waals surface area contributed by atoms with Crippen molar-refractivity contribution in [1.82, 2.24) is 4.57 Å². The predicted octanol–water partition coefficient (Wildman–Crippen LogP) is 3.20. The number of nitrogens with one attached hydrogen (secondary N) is 1. The molecule has 0 saturated carbocycles. The fraction of sp³-hybridized carbons (Fsp3) is 0.111. The van der Waals surface area contributed by atoms with Crippen molar-refractivity contribution in [2.24, 2.45) is 7.05 Å². The summed E-state index contributed by atoms with van der Waals surface area (Å²) in [7, 11) is 1.83. The second kappa shape index (κ2) is 6.16. The molecule has 122 valence electrons. The Hall–Kier alpha value is -3.15. The first-order chi connectivity index (χ1) is 11.5. The predicted molar refractivity (Wildman–Crippen MR) is 88.6 cm³/mol. The smallest absolute Gasteiger partial charge is 0.307 e. The van der Waals surface area contributed by atoms with Gasteiger partial charge in [0.05, 0.1) is 17.7 Å². The van der Waals surface area contributed by atoms with Crippen LogP contribution in [0, 0.1) is 5.82 Å². The van der Waals surface area contributed by atoms with Crippen LogP contribution in [0.4, 0.5) is 10.1 Å². The quantitative estimate of drug-likeness (QED) is 0.773.